The third kappa shape index (κ3) is 3.01. The van der Waals surface area contributed by atoms with Gasteiger partial charge in [0.15, 0.2) is 0 Å². The van der Waals surface area contributed by atoms with Gasteiger partial charge in [-0.05, 0) is 67.8 Å². The van der Waals surface area contributed by atoms with Crippen molar-refractivity contribution in [3.05, 3.63) is 83.4 Å². The maximum atomic E-state index is 13.2. The number of aryl methyl sites for hydroxylation is 1. The molecule has 0 spiro atoms. The predicted octanol–water partition coefficient (Wildman–Crippen LogP) is 4.30. The molecule has 4 rings (SSSR count). The van der Waals surface area contributed by atoms with Crippen LogP contribution in [0.15, 0.2) is 60.8 Å². The molecule has 2 heterocycles. The van der Waals surface area contributed by atoms with Crippen molar-refractivity contribution in [3.8, 4) is 5.69 Å². The number of rotatable bonds is 3. The van der Waals surface area contributed by atoms with Crippen molar-refractivity contribution in [2.45, 2.75) is 25.8 Å². The van der Waals surface area contributed by atoms with Crippen LogP contribution in [-0.4, -0.2) is 27.1 Å². The normalized spacial score (nSPS) is 16.8. The fourth-order valence-electron chi connectivity index (χ4n) is 3.59. The van der Waals surface area contributed by atoms with E-state index in [2.05, 4.69) is 5.10 Å². The van der Waals surface area contributed by atoms with Gasteiger partial charge in [-0.3, -0.25) is 4.79 Å². The van der Waals surface area contributed by atoms with Gasteiger partial charge in [-0.2, -0.15) is 5.10 Å². The van der Waals surface area contributed by atoms with Crippen LogP contribution >= 0.6 is 0 Å². The van der Waals surface area contributed by atoms with Crippen molar-refractivity contribution in [1.82, 2.24) is 14.7 Å². The smallest absolute Gasteiger partial charge is 0.254 e. The Bertz CT molecular complexity index is 915. The van der Waals surface area contributed by atoms with Crippen LogP contribution in [0.25, 0.3) is 5.69 Å². The van der Waals surface area contributed by atoms with Crippen LogP contribution in [0.5, 0.6) is 0 Å². The fourth-order valence-corrected chi connectivity index (χ4v) is 3.59. The number of nitrogens with zero attached hydrogens (tertiary/aromatic N) is 3. The number of hydrogen-bond donors (Lipinski definition) is 0. The highest BCUT2D eigenvalue weighted by molar-refractivity contribution is 5.94. The molecule has 0 N–H and O–H groups in total. The lowest BCUT2D eigenvalue weighted by Gasteiger charge is -2.25. The maximum Gasteiger partial charge on any atom is 0.254 e. The Morgan fingerprint density at radius 3 is 2.46 bits per heavy atom. The Morgan fingerprint density at radius 1 is 1.08 bits per heavy atom. The molecular formula is C21H20FN3O. The Labute approximate surface area is 151 Å². The minimum atomic E-state index is -0.255. The number of halogens is 1. The summed E-state index contributed by atoms with van der Waals surface area (Å²) in [5.41, 5.74) is 3.62. The fraction of sp³-hybridized carbons (Fsp3) is 0.238. The van der Waals surface area contributed by atoms with Crippen molar-refractivity contribution < 1.29 is 9.18 Å². The molecule has 2 aromatic carbocycles. The molecule has 1 amide bonds. The lowest BCUT2D eigenvalue weighted by atomic mass is 10.0. The standard InChI is InChI=1S/C21H20FN3O/c1-15-12-13-23-25(15)19-10-6-17(7-11-19)21(26)24-14-2-3-20(24)16-4-8-18(22)9-5-16/h4-13,20H,2-3,14H2,1H3. The van der Waals surface area contributed by atoms with Gasteiger partial charge < -0.3 is 4.90 Å². The SMILES string of the molecule is Cc1ccnn1-c1ccc(C(=O)N2CCCC2c2ccc(F)cc2)cc1. The van der Waals surface area contributed by atoms with E-state index >= 15 is 0 Å². The van der Waals surface area contributed by atoms with Gasteiger partial charge in [-0.15, -0.1) is 0 Å². The number of aromatic nitrogens is 2. The molecular weight excluding hydrogens is 329 g/mol. The number of hydrogen-bond acceptors (Lipinski definition) is 2. The number of benzene rings is 2. The lowest BCUT2D eigenvalue weighted by Crippen LogP contribution is -2.30. The molecule has 1 saturated heterocycles. The summed E-state index contributed by atoms with van der Waals surface area (Å²) in [6.07, 6.45) is 3.62. The van der Waals surface area contributed by atoms with Crippen molar-refractivity contribution in [2.24, 2.45) is 0 Å². The van der Waals surface area contributed by atoms with Crippen LogP contribution in [0, 0.1) is 12.7 Å². The molecule has 0 aliphatic carbocycles. The van der Waals surface area contributed by atoms with E-state index in [1.807, 2.05) is 46.8 Å². The Hall–Kier alpha value is -2.95. The van der Waals surface area contributed by atoms with Crippen LogP contribution < -0.4 is 0 Å². The molecule has 1 aliphatic rings. The number of amides is 1. The zero-order valence-corrected chi connectivity index (χ0v) is 14.6. The summed E-state index contributed by atoms with van der Waals surface area (Å²) in [7, 11) is 0. The highest BCUT2D eigenvalue weighted by Gasteiger charge is 2.30. The van der Waals surface area contributed by atoms with E-state index in [1.165, 1.54) is 12.1 Å². The van der Waals surface area contributed by atoms with Crippen LogP contribution in [0.1, 0.15) is 40.5 Å². The van der Waals surface area contributed by atoms with Crippen molar-refractivity contribution in [2.75, 3.05) is 6.54 Å². The second-order valence-electron chi connectivity index (χ2n) is 6.64. The third-order valence-electron chi connectivity index (χ3n) is 4.96. The first-order valence-electron chi connectivity index (χ1n) is 8.81. The summed E-state index contributed by atoms with van der Waals surface area (Å²) in [5, 5.41) is 4.29. The van der Waals surface area contributed by atoms with E-state index in [4.69, 9.17) is 0 Å². The van der Waals surface area contributed by atoms with Gasteiger partial charge >= 0.3 is 0 Å². The molecule has 0 saturated carbocycles. The van der Waals surface area contributed by atoms with Crippen LogP contribution in [0.4, 0.5) is 4.39 Å². The zero-order valence-electron chi connectivity index (χ0n) is 14.6. The summed E-state index contributed by atoms with van der Waals surface area (Å²) in [6.45, 7) is 2.71. The first kappa shape index (κ1) is 16.5. The highest BCUT2D eigenvalue weighted by Crippen LogP contribution is 2.33. The second kappa shape index (κ2) is 6.75. The van der Waals surface area contributed by atoms with Gasteiger partial charge in [0.1, 0.15) is 5.82 Å². The van der Waals surface area contributed by atoms with Gasteiger partial charge in [0.05, 0.1) is 11.7 Å². The largest absolute Gasteiger partial charge is 0.332 e. The molecule has 1 fully saturated rings. The molecule has 5 heteroatoms. The highest BCUT2D eigenvalue weighted by atomic mass is 19.1. The average molecular weight is 349 g/mol. The van der Waals surface area contributed by atoms with E-state index in [0.29, 0.717) is 5.56 Å². The summed E-state index contributed by atoms with van der Waals surface area (Å²) in [4.78, 5) is 14.9. The monoisotopic (exact) mass is 349 g/mol. The summed E-state index contributed by atoms with van der Waals surface area (Å²) < 4.78 is 15.0. The molecule has 1 aromatic heterocycles. The topological polar surface area (TPSA) is 38.1 Å². The minimum absolute atomic E-state index is 0.0103. The van der Waals surface area contributed by atoms with Crippen molar-refractivity contribution >= 4 is 5.91 Å². The molecule has 26 heavy (non-hydrogen) atoms. The van der Waals surface area contributed by atoms with E-state index in [1.54, 1.807) is 18.3 Å². The number of likely N-dealkylation sites (tertiary alicyclic amines) is 1. The van der Waals surface area contributed by atoms with Crippen molar-refractivity contribution in [3.63, 3.8) is 0 Å². The van der Waals surface area contributed by atoms with E-state index in [9.17, 15) is 9.18 Å². The summed E-state index contributed by atoms with van der Waals surface area (Å²) >= 11 is 0. The Morgan fingerprint density at radius 2 is 1.81 bits per heavy atom. The third-order valence-corrected chi connectivity index (χ3v) is 4.96. The molecule has 1 unspecified atom stereocenters. The Balaban J connectivity index is 1.56. The second-order valence-corrected chi connectivity index (χ2v) is 6.64. The Kier molecular flexibility index (Phi) is 4.29. The van der Waals surface area contributed by atoms with E-state index in [0.717, 1.165) is 36.3 Å². The van der Waals surface area contributed by atoms with E-state index < -0.39 is 0 Å². The molecule has 0 bridgehead atoms. The zero-order chi connectivity index (χ0) is 18.1. The molecule has 0 radical (unpaired) electrons. The van der Waals surface area contributed by atoms with Gasteiger partial charge in [-0.25, -0.2) is 9.07 Å². The number of carbonyl (C=O) groups excluding carboxylic acids is 1. The lowest BCUT2D eigenvalue weighted by molar-refractivity contribution is 0.0735. The number of carbonyl (C=O) groups is 1. The van der Waals surface area contributed by atoms with Crippen molar-refractivity contribution in [1.29, 1.82) is 0 Å². The quantitative estimate of drug-likeness (QED) is 0.707. The van der Waals surface area contributed by atoms with Crippen LogP contribution in [0.2, 0.25) is 0 Å². The van der Waals surface area contributed by atoms with Gasteiger partial charge in [0.2, 0.25) is 0 Å². The van der Waals surface area contributed by atoms with E-state index in [-0.39, 0.29) is 17.8 Å². The molecule has 3 aromatic rings. The first-order valence-corrected chi connectivity index (χ1v) is 8.81. The van der Waals surface area contributed by atoms with Gasteiger partial charge in [0.25, 0.3) is 5.91 Å². The molecule has 1 atom stereocenters. The minimum Gasteiger partial charge on any atom is -0.332 e. The molecule has 132 valence electrons. The van der Waals surface area contributed by atoms with Crippen LogP contribution in [-0.2, 0) is 0 Å². The van der Waals surface area contributed by atoms with Crippen LogP contribution in [0.3, 0.4) is 0 Å². The van der Waals surface area contributed by atoms with Gasteiger partial charge in [0, 0.05) is 24.0 Å². The van der Waals surface area contributed by atoms with Gasteiger partial charge in [-0.1, -0.05) is 12.1 Å². The molecule has 4 nitrogen and oxygen atoms in total. The summed E-state index contributed by atoms with van der Waals surface area (Å²) in [5.74, 6) is -0.241. The molecule has 1 aliphatic heterocycles. The summed E-state index contributed by atoms with van der Waals surface area (Å²) in [6, 6.07) is 15.9. The maximum absolute atomic E-state index is 13.2. The first-order chi connectivity index (χ1) is 12.6. The average Bonchev–Trinajstić information content (AvgIpc) is 3.31. The predicted molar refractivity (Wildman–Crippen MR) is 97.7 cm³/mol.